The van der Waals surface area contributed by atoms with Crippen LogP contribution in [-0.2, 0) is 0 Å². The molecule has 0 aliphatic carbocycles. The fraction of sp³-hybridized carbons (Fsp3) is 0. The number of carboxylic acids is 1. The minimum atomic E-state index is -1.05. The van der Waals surface area contributed by atoms with Gasteiger partial charge in [0, 0.05) is 11.8 Å². The summed E-state index contributed by atoms with van der Waals surface area (Å²) in [6.07, 6.45) is 1.37. The Bertz CT molecular complexity index is 590. The number of carbonyl (C=O) groups is 1. The summed E-state index contributed by atoms with van der Waals surface area (Å²) in [6, 6.07) is 6.64. The fourth-order valence-electron chi connectivity index (χ4n) is 1.41. The van der Waals surface area contributed by atoms with E-state index in [0.717, 1.165) is 6.07 Å². The van der Waals surface area contributed by atoms with Gasteiger partial charge in [0.2, 0.25) is 0 Å². The maximum absolute atomic E-state index is 12.9. The van der Waals surface area contributed by atoms with Gasteiger partial charge in [-0.3, -0.25) is 4.98 Å². The Balaban J connectivity index is 0.00000162. The van der Waals surface area contributed by atoms with Crippen LogP contribution in [0.4, 0.5) is 4.39 Å². The highest BCUT2D eigenvalue weighted by Gasteiger charge is 2.09. The highest BCUT2D eigenvalue weighted by atomic mass is 35.5. The molecule has 1 heterocycles. The Kier molecular flexibility index (Phi) is 4.64. The number of benzene rings is 1. The molecule has 6 heteroatoms. The summed E-state index contributed by atoms with van der Waals surface area (Å²) in [5.41, 5.74) is 1.00. The van der Waals surface area contributed by atoms with Crippen LogP contribution in [0.5, 0.6) is 0 Å². The number of carboxylic acid groups (broad SMARTS) is 1. The third-order valence-electron chi connectivity index (χ3n) is 2.21. The minimum Gasteiger partial charge on any atom is -0.478 e. The normalized spacial score (nSPS) is 9.67. The summed E-state index contributed by atoms with van der Waals surface area (Å²) < 4.78 is 12.9. The van der Waals surface area contributed by atoms with E-state index in [1.807, 2.05) is 0 Å². The summed E-state index contributed by atoms with van der Waals surface area (Å²) in [7, 11) is 0. The van der Waals surface area contributed by atoms with Gasteiger partial charge in [-0.15, -0.1) is 12.4 Å². The van der Waals surface area contributed by atoms with E-state index in [9.17, 15) is 9.18 Å². The number of hydrogen-bond acceptors (Lipinski definition) is 2. The monoisotopic (exact) mass is 287 g/mol. The van der Waals surface area contributed by atoms with Crippen LogP contribution in [0.3, 0.4) is 0 Å². The van der Waals surface area contributed by atoms with E-state index >= 15 is 0 Å². The lowest BCUT2D eigenvalue weighted by Gasteiger charge is -2.04. The van der Waals surface area contributed by atoms with Crippen molar-refractivity contribution in [1.82, 2.24) is 4.98 Å². The van der Waals surface area contributed by atoms with E-state index in [-0.39, 0.29) is 23.0 Å². The third kappa shape index (κ3) is 2.97. The molecule has 0 spiro atoms. The van der Waals surface area contributed by atoms with Crippen molar-refractivity contribution in [2.45, 2.75) is 0 Å². The molecule has 2 rings (SSSR count). The zero-order valence-electron chi connectivity index (χ0n) is 8.93. The van der Waals surface area contributed by atoms with Crippen LogP contribution in [0, 0.1) is 5.82 Å². The van der Waals surface area contributed by atoms with E-state index in [4.69, 9.17) is 16.7 Å². The number of pyridine rings is 1. The van der Waals surface area contributed by atoms with Gasteiger partial charge >= 0.3 is 5.97 Å². The van der Waals surface area contributed by atoms with Crippen LogP contribution in [0.25, 0.3) is 11.3 Å². The average Bonchev–Trinajstić information content (AvgIpc) is 2.29. The average molecular weight is 288 g/mol. The molecule has 94 valence electrons. The van der Waals surface area contributed by atoms with Gasteiger partial charge in [0.25, 0.3) is 0 Å². The molecule has 2 aromatic rings. The molecule has 0 bridgehead atoms. The molecule has 0 unspecified atom stereocenters. The quantitative estimate of drug-likeness (QED) is 0.917. The second-order valence-corrected chi connectivity index (χ2v) is 3.77. The molecule has 1 aromatic heterocycles. The highest BCUT2D eigenvalue weighted by Crippen LogP contribution is 2.27. The smallest absolute Gasteiger partial charge is 0.335 e. The molecule has 0 aliphatic rings. The van der Waals surface area contributed by atoms with Crippen molar-refractivity contribution in [3.8, 4) is 11.3 Å². The van der Waals surface area contributed by atoms with Crippen molar-refractivity contribution >= 4 is 30.0 Å². The molecule has 0 radical (unpaired) electrons. The molecule has 0 amide bonds. The maximum Gasteiger partial charge on any atom is 0.335 e. The predicted octanol–water partition coefficient (Wildman–Crippen LogP) is 3.66. The second kappa shape index (κ2) is 5.80. The van der Waals surface area contributed by atoms with E-state index in [0.29, 0.717) is 11.3 Å². The molecular formula is C12H8Cl2FNO2. The zero-order chi connectivity index (χ0) is 12.4. The molecule has 0 saturated carbocycles. The minimum absolute atomic E-state index is 0. The summed E-state index contributed by atoms with van der Waals surface area (Å²) in [5.74, 6) is -1.50. The topological polar surface area (TPSA) is 50.2 Å². The zero-order valence-corrected chi connectivity index (χ0v) is 10.5. The van der Waals surface area contributed by atoms with Crippen LogP contribution in [-0.4, -0.2) is 16.1 Å². The van der Waals surface area contributed by atoms with Crippen LogP contribution in [0.1, 0.15) is 10.4 Å². The first-order valence-corrected chi connectivity index (χ1v) is 5.10. The molecule has 1 aromatic carbocycles. The molecular weight excluding hydrogens is 280 g/mol. The lowest BCUT2D eigenvalue weighted by atomic mass is 10.1. The van der Waals surface area contributed by atoms with Gasteiger partial charge in [-0.2, -0.15) is 0 Å². The van der Waals surface area contributed by atoms with Crippen molar-refractivity contribution in [1.29, 1.82) is 0 Å². The molecule has 0 fully saturated rings. The van der Waals surface area contributed by atoms with Gasteiger partial charge in [0.15, 0.2) is 0 Å². The van der Waals surface area contributed by atoms with Crippen LogP contribution in [0.15, 0.2) is 36.5 Å². The summed E-state index contributed by atoms with van der Waals surface area (Å²) in [5, 5.41) is 9.04. The molecule has 0 atom stereocenters. The third-order valence-corrected chi connectivity index (χ3v) is 2.53. The van der Waals surface area contributed by atoms with Crippen molar-refractivity contribution in [3.63, 3.8) is 0 Å². The van der Waals surface area contributed by atoms with E-state index in [1.165, 1.54) is 30.5 Å². The Morgan fingerprint density at radius 1 is 1.28 bits per heavy atom. The number of nitrogens with zero attached hydrogens (tertiary/aromatic N) is 1. The molecule has 1 N–H and O–H groups in total. The van der Waals surface area contributed by atoms with Gasteiger partial charge in [0.05, 0.1) is 16.3 Å². The predicted molar refractivity (Wildman–Crippen MR) is 68.8 cm³/mol. The largest absolute Gasteiger partial charge is 0.478 e. The fourth-order valence-corrected chi connectivity index (χ4v) is 1.67. The van der Waals surface area contributed by atoms with E-state index in [2.05, 4.69) is 4.98 Å². The number of halogens is 3. The van der Waals surface area contributed by atoms with E-state index < -0.39 is 11.8 Å². The van der Waals surface area contributed by atoms with Gasteiger partial charge in [-0.05, 0) is 30.3 Å². The molecule has 0 aliphatic heterocycles. The Hall–Kier alpha value is -1.65. The van der Waals surface area contributed by atoms with E-state index in [1.54, 1.807) is 0 Å². The number of rotatable bonds is 2. The van der Waals surface area contributed by atoms with Crippen LogP contribution < -0.4 is 0 Å². The van der Waals surface area contributed by atoms with Gasteiger partial charge < -0.3 is 5.11 Å². The van der Waals surface area contributed by atoms with Crippen molar-refractivity contribution < 1.29 is 14.3 Å². The van der Waals surface area contributed by atoms with Crippen molar-refractivity contribution in [2.24, 2.45) is 0 Å². The number of hydrogen-bond donors (Lipinski definition) is 1. The standard InChI is InChI=1S/C12H7ClFNO2.ClH/c13-10-6-8(14)1-2-9(10)11-5-7(12(16)17)3-4-15-11;/h1-6H,(H,16,17);1H. The van der Waals surface area contributed by atoms with Gasteiger partial charge in [-0.25, -0.2) is 9.18 Å². The molecule has 18 heavy (non-hydrogen) atoms. The molecule has 0 saturated heterocycles. The highest BCUT2D eigenvalue weighted by molar-refractivity contribution is 6.33. The molecule has 3 nitrogen and oxygen atoms in total. The number of aromatic carboxylic acids is 1. The SMILES string of the molecule is Cl.O=C(O)c1ccnc(-c2ccc(F)cc2Cl)c1. The number of aromatic nitrogens is 1. The first-order valence-electron chi connectivity index (χ1n) is 4.72. The maximum atomic E-state index is 12.9. The first kappa shape index (κ1) is 14.4. The lowest BCUT2D eigenvalue weighted by molar-refractivity contribution is 0.0697. The Morgan fingerprint density at radius 2 is 2.00 bits per heavy atom. The lowest BCUT2D eigenvalue weighted by Crippen LogP contribution is -1.97. The summed E-state index contributed by atoms with van der Waals surface area (Å²) >= 11 is 5.87. The van der Waals surface area contributed by atoms with Gasteiger partial charge in [-0.1, -0.05) is 11.6 Å². The van der Waals surface area contributed by atoms with Crippen molar-refractivity contribution in [2.75, 3.05) is 0 Å². The van der Waals surface area contributed by atoms with Crippen LogP contribution >= 0.6 is 24.0 Å². The summed E-state index contributed by atoms with van der Waals surface area (Å²) in [6.45, 7) is 0. The Morgan fingerprint density at radius 3 is 2.61 bits per heavy atom. The van der Waals surface area contributed by atoms with Gasteiger partial charge in [0.1, 0.15) is 5.82 Å². The first-order chi connectivity index (χ1) is 8.08. The van der Waals surface area contributed by atoms with Crippen LogP contribution in [0.2, 0.25) is 5.02 Å². The van der Waals surface area contributed by atoms with Crippen molar-refractivity contribution in [3.05, 3.63) is 52.9 Å². The second-order valence-electron chi connectivity index (χ2n) is 3.36. The summed E-state index contributed by atoms with van der Waals surface area (Å²) in [4.78, 5) is 14.8. The Labute approximate surface area is 114 Å².